The fourth-order valence-electron chi connectivity index (χ4n) is 1.07. The highest BCUT2D eigenvalue weighted by Gasteiger charge is 2.07. The minimum atomic E-state index is 0.277. The zero-order valence-electron chi connectivity index (χ0n) is 6.66. The Balaban J connectivity index is 2.59. The molecule has 3 N–H and O–H groups in total. The second-order valence-corrected chi connectivity index (χ2v) is 2.87. The fraction of sp³-hybridized carbons (Fsp3) is 0. The van der Waals surface area contributed by atoms with Crippen LogP contribution in [-0.2, 0) is 0 Å². The van der Waals surface area contributed by atoms with Crippen LogP contribution in [0.4, 0.5) is 5.69 Å². The zero-order chi connectivity index (χ0) is 9.26. The van der Waals surface area contributed by atoms with Crippen molar-refractivity contribution >= 4 is 17.3 Å². The number of halogens is 1. The van der Waals surface area contributed by atoms with Gasteiger partial charge in [-0.1, -0.05) is 11.6 Å². The van der Waals surface area contributed by atoms with Crippen LogP contribution in [0.3, 0.4) is 0 Å². The summed E-state index contributed by atoms with van der Waals surface area (Å²) in [4.78, 5) is 10.8. The summed E-state index contributed by atoms with van der Waals surface area (Å²) >= 11 is 5.74. The maximum absolute atomic E-state index is 5.74. The van der Waals surface area contributed by atoms with E-state index in [4.69, 9.17) is 17.3 Å². The molecule has 0 aromatic carbocycles. The molecule has 0 aliphatic heterocycles. The maximum Gasteiger partial charge on any atom is 0.156 e. The third kappa shape index (κ3) is 1.36. The molecule has 0 saturated carbocycles. The third-order valence-corrected chi connectivity index (χ3v) is 1.99. The Kier molecular flexibility index (Phi) is 1.90. The number of rotatable bonds is 1. The van der Waals surface area contributed by atoms with Gasteiger partial charge >= 0.3 is 0 Å². The number of anilines is 1. The van der Waals surface area contributed by atoms with Crippen LogP contribution in [0.2, 0.25) is 5.15 Å². The second-order valence-electron chi connectivity index (χ2n) is 2.51. The largest absolute Gasteiger partial charge is 0.394 e. The van der Waals surface area contributed by atoms with E-state index in [9.17, 15) is 0 Å². The van der Waals surface area contributed by atoms with E-state index in [0.717, 1.165) is 5.69 Å². The number of hydrogen-bond donors (Lipinski definition) is 2. The molecule has 0 bridgehead atoms. The van der Waals surface area contributed by atoms with Crippen molar-refractivity contribution in [2.45, 2.75) is 0 Å². The van der Waals surface area contributed by atoms with Crippen molar-refractivity contribution in [3.63, 3.8) is 0 Å². The highest BCUT2D eigenvalue weighted by molar-refractivity contribution is 6.32. The number of nitrogens with zero attached hydrogens (tertiary/aromatic N) is 2. The summed E-state index contributed by atoms with van der Waals surface area (Å²) in [6.07, 6.45) is 3.18. The molecule has 5 heteroatoms. The van der Waals surface area contributed by atoms with Crippen molar-refractivity contribution in [3.05, 3.63) is 29.8 Å². The number of nitrogens with one attached hydrogen (secondary N) is 1. The molecule has 2 heterocycles. The molecular weight excluding hydrogens is 188 g/mol. The number of nitrogen functional groups attached to an aromatic ring is 1. The molecule has 0 radical (unpaired) electrons. The van der Waals surface area contributed by atoms with Gasteiger partial charge in [0.15, 0.2) is 5.15 Å². The summed E-state index contributed by atoms with van der Waals surface area (Å²) in [5.74, 6) is 0. The van der Waals surface area contributed by atoms with E-state index in [1.165, 1.54) is 6.33 Å². The summed E-state index contributed by atoms with van der Waals surface area (Å²) in [7, 11) is 0. The van der Waals surface area contributed by atoms with Crippen molar-refractivity contribution in [2.24, 2.45) is 0 Å². The Bertz CT molecular complexity index is 410. The highest BCUT2D eigenvalue weighted by atomic mass is 35.5. The van der Waals surface area contributed by atoms with Crippen LogP contribution >= 0.6 is 11.6 Å². The lowest BCUT2D eigenvalue weighted by atomic mass is 10.3. The van der Waals surface area contributed by atoms with Crippen LogP contribution in [-0.4, -0.2) is 15.0 Å². The van der Waals surface area contributed by atoms with Gasteiger partial charge in [0.2, 0.25) is 0 Å². The molecule has 2 aromatic rings. The van der Waals surface area contributed by atoms with E-state index in [-0.39, 0.29) is 5.15 Å². The van der Waals surface area contributed by atoms with Gasteiger partial charge in [-0.15, -0.1) is 0 Å². The number of aromatic amines is 1. The van der Waals surface area contributed by atoms with Crippen molar-refractivity contribution in [2.75, 3.05) is 5.73 Å². The molecule has 13 heavy (non-hydrogen) atoms. The van der Waals surface area contributed by atoms with Crippen molar-refractivity contribution in [1.29, 1.82) is 0 Å². The Morgan fingerprint density at radius 2 is 2.23 bits per heavy atom. The molecular formula is C8H7ClN4. The van der Waals surface area contributed by atoms with E-state index in [0.29, 0.717) is 11.4 Å². The van der Waals surface area contributed by atoms with Gasteiger partial charge in [0.05, 0.1) is 11.4 Å². The van der Waals surface area contributed by atoms with Gasteiger partial charge in [-0.05, 0) is 12.1 Å². The molecule has 0 atom stereocenters. The van der Waals surface area contributed by atoms with Gasteiger partial charge in [0.25, 0.3) is 0 Å². The van der Waals surface area contributed by atoms with Crippen molar-refractivity contribution in [1.82, 2.24) is 15.0 Å². The lowest BCUT2D eigenvalue weighted by Gasteiger charge is -2.02. The van der Waals surface area contributed by atoms with Gasteiger partial charge in [0, 0.05) is 6.20 Å². The van der Waals surface area contributed by atoms with E-state index in [2.05, 4.69) is 15.0 Å². The Morgan fingerprint density at radius 1 is 1.38 bits per heavy atom. The lowest BCUT2D eigenvalue weighted by Crippen LogP contribution is -1.96. The van der Waals surface area contributed by atoms with Gasteiger partial charge in [0.1, 0.15) is 12.0 Å². The highest BCUT2D eigenvalue weighted by Crippen LogP contribution is 2.25. The molecule has 4 nitrogen and oxygen atoms in total. The lowest BCUT2D eigenvalue weighted by molar-refractivity contribution is 1.16. The van der Waals surface area contributed by atoms with E-state index in [1.54, 1.807) is 6.20 Å². The second kappa shape index (κ2) is 3.06. The SMILES string of the molecule is Nc1c(Cl)ncnc1-c1ccc[nH]1. The average Bonchev–Trinajstić information content (AvgIpc) is 2.62. The molecule has 0 unspecified atom stereocenters. The van der Waals surface area contributed by atoms with E-state index >= 15 is 0 Å². The first kappa shape index (κ1) is 8.07. The first-order chi connectivity index (χ1) is 6.29. The zero-order valence-corrected chi connectivity index (χ0v) is 7.42. The Morgan fingerprint density at radius 3 is 2.92 bits per heavy atom. The summed E-state index contributed by atoms with van der Waals surface area (Å²) in [5.41, 5.74) is 7.56. The smallest absolute Gasteiger partial charge is 0.156 e. The first-order valence-electron chi connectivity index (χ1n) is 3.69. The molecule has 0 aliphatic rings. The number of hydrogen-bond acceptors (Lipinski definition) is 3. The van der Waals surface area contributed by atoms with Crippen LogP contribution in [0, 0.1) is 0 Å². The molecule has 0 amide bonds. The topological polar surface area (TPSA) is 67.6 Å². The standard InChI is InChI=1S/C8H7ClN4/c9-8-6(10)7(12-4-13-8)5-2-1-3-11-5/h1-4,11H,10H2. The predicted octanol–water partition coefficient (Wildman–Crippen LogP) is 1.71. The van der Waals surface area contributed by atoms with Crippen LogP contribution < -0.4 is 5.73 Å². The van der Waals surface area contributed by atoms with E-state index in [1.807, 2.05) is 12.1 Å². The molecule has 0 spiro atoms. The van der Waals surface area contributed by atoms with Gasteiger partial charge in [-0.25, -0.2) is 9.97 Å². The molecule has 66 valence electrons. The van der Waals surface area contributed by atoms with E-state index < -0.39 is 0 Å². The molecule has 2 aromatic heterocycles. The Hall–Kier alpha value is -1.55. The van der Waals surface area contributed by atoms with Crippen LogP contribution in [0.1, 0.15) is 0 Å². The monoisotopic (exact) mass is 194 g/mol. The normalized spacial score (nSPS) is 10.2. The van der Waals surface area contributed by atoms with Crippen molar-refractivity contribution in [3.8, 4) is 11.4 Å². The van der Waals surface area contributed by atoms with Crippen LogP contribution in [0.25, 0.3) is 11.4 Å². The molecule has 2 rings (SSSR count). The van der Waals surface area contributed by atoms with Gasteiger partial charge in [-0.2, -0.15) is 0 Å². The summed E-state index contributed by atoms with van der Waals surface area (Å²) < 4.78 is 0. The first-order valence-corrected chi connectivity index (χ1v) is 4.06. The molecule has 0 saturated heterocycles. The summed E-state index contributed by atoms with van der Waals surface area (Å²) in [6, 6.07) is 3.74. The van der Waals surface area contributed by atoms with Crippen molar-refractivity contribution < 1.29 is 0 Å². The third-order valence-electron chi connectivity index (χ3n) is 1.69. The number of H-pyrrole nitrogens is 1. The number of aromatic nitrogens is 3. The quantitative estimate of drug-likeness (QED) is 0.679. The molecule has 0 fully saturated rings. The van der Waals surface area contributed by atoms with Crippen LogP contribution in [0.15, 0.2) is 24.7 Å². The minimum absolute atomic E-state index is 0.277. The Labute approximate surface area is 79.8 Å². The summed E-state index contributed by atoms with van der Waals surface area (Å²) in [5, 5.41) is 0.277. The molecule has 0 aliphatic carbocycles. The fourth-order valence-corrected chi connectivity index (χ4v) is 1.20. The van der Waals surface area contributed by atoms with Gasteiger partial charge < -0.3 is 10.7 Å². The van der Waals surface area contributed by atoms with Gasteiger partial charge in [-0.3, -0.25) is 0 Å². The maximum atomic E-state index is 5.74. The minimum Gasteiger partial charge on any atom is -0.394 e. The number of nitrogens with two attached hydrogens (primary N) is 1. The summed E-state index contributed by atoms with van der Waals surface area (Å²) in [6.45, 7) is 0. The average molecular weight is 195 g/mol. The predicted molar refractivity (Wildman–Crippen MR) is 51.2 cm³/mol. The van der Waals surface area contributed by atoms with Crippen LogP contribution in [0.5, 0.6) is 0 Å².